The fourth-order valence-electron chi connectivity index (χ4n) is 2.78. The molecule has 0 bridgehead atoms. The molecule has 4 aromatic rings. The Labute approximate surface area is 156 Å². The van der Waals surface area contributed by atoms with E-state index in [9.17, 15) is 13.9 Å². The van der Waals surface area contributed by atoms with Gasteiger partial charge in [-0.2, -0.15) is 0 Å². The van der Waals surface area contributed by atoms with Crippen molar-refractivity contribution in [2.75, 3.05) is 7.11 Å². The first-order chi connectivity index (χ1) is 12.9. The zero-order valence-corrected chi connectivity index (χ0v) is 15.2. The molecule has 3 heterocycles. The molecule has 1 atom stereocenters. The molecule has 1 aromatic carbocycles. The summed E-state index contributed by atoms with van der Waals surface area (Å²) in [7, 11) is 1.57. The van der Waals surface area contributed by atoms with E-state index < -0.39 is 12.0 Å². The van der Waals surface area contributed by atoms with Crippen LogP contribution in [0.25, 0.3) is 10.5 Å². The summed E-state index contributed by atoms with van der Waals surface area (Å²) < 4.78 is 36.1. The van der Waals surface area contributed by atoms with Gasteiger partial charge in [-0.1, -0.05) is 5.21 Å². The maximum atomic E-state index is 14.1. The lowest BCUT2D eigenvalue weighted by molar-refractivity contribution is 0.0180. The highest BCUT2D eigenvalue weighted by Gasteiger charge is 2.35. The first kappa shape index (κ1) is 17.6. The number of aliphatic hydroxyl groups is 1. The summed E-state index contributed by atoms with van der Waals surface area (Å²) in [5.41, 5.74) is 0.896. The van der Waals surface area contributed by atoms with E-state index in [4.69, 9.17) is 4.74 Å². The summed E-state index contributed by atoms with van der Waals surface area (Å²) >= 11 is 0.889. The Balaban J connectivity index is 1.73. The highest BCUT2D eigenvalue weighted by molar-refractivity contribution is 7.17. The van der Waals surface area contributed by atoms with Gasteiger partial charge in [0.2, 0.25) is 0 Å². The molecule has 0 spiro atoms. The van der Waals surface area contributed by atoms with Crippen LogP contribution >= 0.6 is 11.3 Å². The minimum atomic E-state index is -3.11. The van der Waals surface area contributed by atoms with E-state index in [1.54, 1.807) is 31.4 Å². The van der Waals surface area contributed by atoms with Gasteiger partial charge in [0, 0.05) is 6.92 Å². The Morgan fingerprint density at radius 2 is 2.00 bits per heavy atom. The quantitative estimate of drug-likeness (QED) is 0.565. The maximum Gasteiger partial charge on any atom is 0.281 e. The van der Waals surface area contributed by atoms with E-state index in [-0.39, 0.29) is 16.3 Å². The van der Waals surface area contributed by atoms with Gasteiger partial charge in [-0.15, -0.1) is 16.4 Å². The zero-order chi connectivity index (χ0) is 19.2. The lowest BCUT2D eigenvalue weighted by Crippen LogP contribution is -2.13. The van der Waals surface area contributed by atoms with Crippen molar-refractivity contribution < 1.29 is 18.6 Å². The van der Waals surface area contributed by atoms with E-state index in [0.717, 1.165) is 18.3 Å². The molecule has 7 nitrogen and oxygen atoms in total. The Bertz CT molecular complexity index is 1080. The Morgan fingerprint density at radius 3 is 2.67 bits per heavy atom. The van der Waals surface area contributed by atoms with Gasteiger partial charge in [-0.05, 0) is 24.3 Å². The van der Waals surface area contributed by atoms with Crippen LogP contribution in [0.4, 0.5) is 8.78 Å². The molecule has 140 valence electrons. The maximum absolute atomic E-state index is 14.1. The first-order valence-electron chi connectivity index (χ1n) is 7.96. The highest BCUT2D eigenvalue weighted by Crippen LogP contribution is 2.40. The van der Waals surface area contributed by atoms with Crippen molar-refractivity contribution in [2.45, 2.75) is 19.0 Å². The first-order valence-corrected chi connectivity index (χ1v) is 8.78. The predicted octanol–water partition coefficient (Wildman–Crippen LogP) is 3.18. The Kier molecular flexibility index (Phi) is 4.16. The molecule has 0 saturated carbocycles. The van der Waals surface area contributed by atoms with Crippen molar-refractivity contribution in [1.82, 2.24) is 24.4 Å². The zero-order valence-electron chi connectivity index (χ0n) is 14.4. The SMILES string of the molecule is COc1ccc(-n2cc(C(O)c3c(C(C)(F)F)sc4cncn34)nn2)cc1. The molecule has 4 rings (SSSR count). The number of fused-ring (bicyclic) bond motifs is 1. The number of imidazole rings is 1. The van der Waals surface area contributed by atoms with E-state index >= 15 is 0 Å². The number of aliphatic hydroxyl groups excluding tert-OH is 1. The standard InChI is InChI=1S/C17H15F2N5O2S/c1-17(18,19)16-14(23-9-20-7-13(23)27-16)15(25)12-8-24(22-21-12)10-3-5-11(26-2)6-4-10/h3-9,15,25H,1-2H3. The van der Waals surface area contributed by atoms with Crippen molar-refractivity contribution in [3.8, 4) is 11.4 Å². The topological polar surface area (TPSA) is 77.5 Å². The second-order valence-corrected chi connectivity index (χ2v) is 7.03. The lowest BCUT2D eigenvalue weighted by atomic mass is 10.1. The van der Waals surface area contributed by atoms with Crippen LogP contribution in [0.15, 0.2) is 43.0 Å². The van der Waals surface area contributed by atoms with E-state index in [2.05, 4.69) is 15.3 Å². The van der Waals surface area contributed by atoms with Gasteiger partial charge in [-0.25, -0.2) is 18.4 Å². The highest BCUT2D eigenvalue weighted by atomic mass is 32.1. The molecule has 1 unspecified atom stereocenters. The molecule has 0 aliphatic heterocycles. The van der Waals surface area contributed by atoms with Gasteiger partial charge >= 0.3 is 0 Å². The third-order valence-corrected chi connectivity index (χ3v) is 5.37. The van der Waals surface area contributed by atoms with E-state index in [0.29, 0.717) is 16.3 Å². The number of rotatable bonds is 5. The van der Waals surface area contributed by atoms with Gasteiger partial charge in [-0.3, -0.25) is 4.40 Å². The van der Waals surface area contributed by atoms with Crippen LogP contribution in [-0.2, 0) is 5.92 Å². The van der Waals surface area contributed by atoms with E-state index in [1.165, 1.54) is 27.8 Å². The minimum Gasteiger partial charge on any atom is -0.497 e. The largest absolute Gasteiger partial charge is 0.497 e. The smallest absolute Gasteiger partial charge is 0.281 e. The average molecular weight is 391 g/mol. The number of alkyl halides is 2. The number of ether oxygens (including phenoxy) is 1. The third kappa shape index (κ3) is 3.06. The monoisotopic (exact) mass is 391 g/mol. The number of aromatic nitrogens is 5. The van der Waals surface area contributed by atoms with Crippen LogP contribution in [0.1, 0.15) is 29.3 Å². The molecule has 1 N–H and O–H groups in total. The number of methoxy groups -OCH3 is 1. The molecule has 0 amide bonds. The van der Waals surface area contributed by atoms with Gasteiger partial charge < -0.3 is 9.84 Å². The molecule has 0 fully saturated rings. The molecule has 0 saturated heterocycles. The summed E-state index contributed by atoms with van der Waals surface area (Å²) in [6.07, 6.45) is 3.00. The summed E-state index contributed by atoms with van der Waals surface area (Å²) in [6.45, 7) is 0.802. The fraction of sp³-hybridized carbons (Fsp3) is 0.235. The van der Waals surface area contributed by atoms with Crippen LogP contribution < -0.4 is 4.74 Å². The Hall–Kier alpha value is -2.85. The van der Waals surface area contributed by atoms with Crippen LogP contribution in [0.2, 0.25) is 0 Å². The molecular formula is C17H15F2N5O2S. The second kappa shape index (κ2) is 6.39. The van der Waals surface area contributed by atoms with Gasteiger partial charge in [0.05, 0.1) is 35.8 Å². The molecule has 0 radical (unpaired) electrons. The van der Waals surface area contributed by atoms with Crippen LogP contribution in [0.3, 0.4) is 0 Å². The molecule has 0 aliphatic rings. The van der Waals surface area contributed by atoms with Crippen molar-refractivity contribution in [1.29, 1.82) is 0 Å². The lowest BCUT2D eigenvalue weighted by Gasteiger charge is -2.14. The summed E-state index contributed by atoms with van der Waals surface area (Å²) in [4.78, 5) is 4.24. The van der Waals surface area contributed by atoms with Crippen LogP contribution in [0.5, 0.6) is 5.75 Å². The fourth-order valence-corrected chi connectivity index (χ4v) is 3.84. The summed E-state index contributed by atoms with van der Waals surface area (Å²) in [5, 5.41) is 18.7. The van der Waals surface area contributed by atoms with E-state index in [1.807, 2.05) is 0 Å². The second-order valence-electron chi connectivity index (χ2n) is 6.00. The average Bonchev–Trinajstić information content (AvgIpc) is 3.35. The number of nitrogens with zero attached hydrogens (tertiary/aromatic N) is 5. The summed E-state index contributed by atoms with van der Waals surface area (Å²) in [5.74, 6) is -2.42. The van der Waals surface area contributed by atoms with Gasteiger partial charge in [0.1, 0.15) is 28.7 Å². The normalized spacial score (nSPS) is 13.2. The number of thiazole rings is 1. The summed E-state index contributed by atoms with van der Waals surface area (Å²) in [6, 6.07) is 7.06. The number of hydrogen-bond acceptors (Lipinski definition) is 6. The molecule has 0 aliphatic carbocycles. The molecular weight excluding hydrogens is 376 g/mol. The third-order valence-electron chi connectivity index (χ3n) is 4.09. The van der Waals surface area contributed by atoms with Crippen molar-refractivity contribution in [3.05, 3.63) is 59.3 Å². The van der Waals surface area contributed by atoms with Gasteiger partial charge in [0.15, 0.2) is 0 Å². The molecule has 10 heteroatoms. The molecule has 3 aromatic heterocycles. The minimum absolute atomic E-state index is 0.0433. The van der Waals surface area contributed by atoms with Crippen molar-refractivity contribution >= 4 is 16.2 Å². The predicted molar refractivity (Wildman–Crippen MR) is 94.6 cm³/mol. The Morgan fingerprint density at radius 1 is 1.26 bits per heavy atom. The van der Waals surface area contributed by atoms with Crippen molar-refractivity contribution in [3.63, 3.8) is 0 Å². The van der Waals surface area contributed by atoms with Crippen LogP contribution in [-0.4, -0.2) is 36.6 Å². The number of benzene rings is 1. The van der Waals surface area contributed by atoms with Gasteiger partial charge in [0.25, 0.3) is 5.92 Å². The number of halogens is 2. The van der Waals surface area contributed by atoms with Crippen LogP contribution in [0, 0.1) is 0 Å². The molecule has 27 heavy (non-hydrogen) atoms. The number of hydrogen-bond donors (Lipinski definition) is 1. The van der Waals surface area contributed by atoms with Crippen molar-refractivity contribution in [2.24, 2.45) is 0 Å².